The maximum Gasteiger partial charge on any atom is 0.132 e. The van der Waals surface area contributed by atoms with Crippen LogP contribution in [0.2, 0.25) is 0 Å². The van der Waals surface area contributed by atoms with Crippen LogP contribution < -0.4 is 5.90 Å². The van der Waals surface area contributed by atoms with Crippen LogP contribution in [-0.4, -0.2) is 24.6 Å². The average molecular weight is 229 g/mol. The Morgan fingerprint density at radius 2 is 1.88 bits per heavy atom. The van der Waals surface area contributed by atoms with E-state index in [9.17, 15) is 4.79 Å². The summed E-state index contributed by atoms with van der Waals surface area (Å²) in [7, 11) is 0. The lowest BCUT2D eigenvalue weighted by atomic mass is 9.95. The first-order valence-electron chi connectivity index (χ1n) is 6.25. The number of carbonyl (C=O) groups excluding carboxylic acids is 1. The molecule has 0 radical (unpaired) electrons. The molecule has 1 rings (SSSR count). The van der Waals surface area contributed by atoms with E-state index in [-0.39, 0.29) is 6.10 Å². The minimum absolute atomic E-state index is 0.210. The van der Waals surface area contributed by atoms with Crippen molar-refractivity contribution in [3.63, 3.8) is 0 Å². The van der Waals surface area contributed by atoms with Crippen LogP contribution in [0.4, 0.5) is 0 Å². The Bertz CT molecular complexity index is 200. The second-order valence-electron chi connectivity index (χ2n) is 4.40. The monoisotopic (exact) mass is 229 g/mol. The smallest absolute Gasteiger partial charge is 0.132 e. The van der Waals surface area contributed by atoms with Gasteiger partial charge in [0.05, 0.1) is 12.2 Å². The molecule has 1 aliphatic carbocycles. The van der Waals surface area contributed by atoms with E-state index >= 15 is 0 Å². The standard InChI is InChI=1S/C12H23NO3/c1-2-10(14)4-3-9-15-11-5-7-12(16-13)8-6-11/h11-12H,2-9,13H2,1H3. The molecule has 0 atom stereocenters. The summed E-state index contributed by atoms with van der Waals surface area (Å²) in [6.07, 6.45) is 6.68. The number of nitrogens with two attached hydrogens (primary N) is 1. The molecular weight excluding hydrogens is 206 g/mol. The van der Waals surface area contributed by atoms with E-state index in [1.807, 2.05) is 6.92 Å². The molecule has 1 saturated carbocycles. The molecule has 2 N–H and O–H groups in total. The van der Waals surface area contributed by atoms with Gasteiger partial charge in [0.15, 0.2) is 0 Å². The largest absolute Gasteiger partial charge is 0.378 e. The van der Waals surface area contributed by atoms with Crippen molar-refractivity contribution in [2.75, 3.05) is 6.61 Å². The quantitative estimate of drug-likeness (QED) is 0.535. The van der Waals surface area contributed by atoms with Crippen LogP contribution in [0.5, 0.6) is 0 Å². The number of rotatable bonds is 7. The molecule has 0 saturated heterocycles. The normalized spacial score (nSPS) is 25.6. The predicted molar refractivity (Wildman–Crippen MR) is 61.8 cm³/mol. The molecule has 0 amide bonds. The molecule has 94 valence electrons. The van der Waals surface area contributed by atoms with Gasteiger partial charge >= 0.3 is 0 Å². The zero-order valence-electron chi connectivity index (χ0n) is 10.1. The lowest BCUT2D eigenvalue weighted by molar-refractivity contribution is -0.119. The van der Waals surface area contributed by atoms with Gasteiger partial charge in [0.25, 0.3) is 0 Å². The molecule has 4 nitrogen and oxygen atoms in total. The highest BCUT2D eigenvalue weighted by atomic mass is 16.6. The second-order valence-corrected chi connectivity index (χ2v) is 4.40. The van der Waals surface area contributed by atoms with E-state index in [1.165, 1.54) is 0 Å². The van der Waals surface area contributed by atoms with E-state index in [2.05, 4.69) is 0 Å². The van der Waals surface area contributed by atoms with Gasteiger partial charge in [-0.15, -0.1) is 0 Å². The van der Waals surface area contributed by atoms with Crippen molar-refractivity contribution >= 4 is 5.78 Å². The van der Waals surface area contributed by atoms with Crippen molar-refractivity contribution in [2.45, 2.75) is 64.1 Å². The summed E-state index contributed by atoms with van der Waals surface area (Å²) in [4.78, 5) is 15.9. The third-order valence-electron chi connectivity index (χ3n) is 3.16. The predicted octanol–water partition coefficient (Wildman–Crippen LogP) is 1.96. The fourth-order valence-electron chi connectivity index (χ4n) is 2.03. The summed E-state index contributed by atoms with van der Waals surface area (Å²) in [5, 5.41) is 0. The first kappa shape index (κ1) is 13.6. The Labute approximate surface area is 97.4 Å². The van der Waals surface area contributed by atoms with Crippen molar-refractivity contribution in [1.82, 2.24) is 0 Å². The minimum Gasteiger partial charge on any atom is -0.378 e. The van der Waals surface area contributed by atoms with E-state index in [0.29, 0.717) is 31.3 Å². The molecule has 0 heterocycles. The van der Waals surface area contributed by atoms with Crippen LogP contribution in [0.25, 0.3) is 0 Å². The molecule has 1 aliphatic rings. The van der Waals surface area contributed by atoms with Crippen LogP contribution in [-0.2, 0) is 14.4 Å². The van der Waals surface area contributed by atoms with Gasteiger partial charge in [0.2, 0.25) is 0 Å². The number of hydrogen-bond donors (Lipinski definition) is 1. The van der Waals surface area contributed by atoms with E-state index < -0.39 is 0 Å². The zero-order chi connectivity index (χ0) is 11.8. The molecule has 1 fully saturated rings. The number of carbonyl (C=O) groups is 1. The van der Waals surface area contributed by atoms with Gasteiger partial charge < -0.3 is 9.57 Å². The lowest BCUT2D eigenvalue weighted by Crippen LogP contribution is -2.28. The third kappa shape index (κ3) is 5.05. The molecule has 0 aromatic heterocycles. The van der Waals surface area contributed by atoms with Gasteiger partial charge in [0, 0.05) is 19.4 Å². The maximum absolute atomic E-state index is 11.1. The Hall–Kier alpha value is -0.450. The molecular formula is C12H23NO3. The van der Waals surface area contributed by atoms with Crippen molar-refractivity contribution in [3.05, 3.63) is 0 Å². The zero-order valence-corrected chi connectivity index (χ0v) is 10.1. The van der Waals surface area contributed by atoms with Crippen molar-refractivity contribution < 1.29 is 14.4 Å². The SMILES string of the molecule is CCC(=O)CCCOC1CCC(ON)CC1. The van der Waals surface area contributed by atoms with Gasteiger partial charge in [-0.05, 0) is 32.1 Å². The van der Waals surface area contributed by atoms with E-state index in [1.54, 1.807) is 0 Å². The number of ether oxygens (including phenoxy) is 1. The Morgan fingerprint density at radius 3 is 2.44 bits per heavy atom. The topological polar surface area (TPSA) is 61.5 Å². The highest BCUT2D eigenvalue weighted by Gasteiger charge is 2.21. The summed E-state index contributed by atoms with van der Waals surface area (Å²) in [5.74, 6) is 5.46. The molecule has 0 unspecified atom stereocenters. The van der Waals surface area contributed by atoms with Gasteiger partial charge in [-0.3, -0.25) is 4.79 Å². The van der Waals surface area contributed by atoms with Crippen LogP contribution in [0, 0.1) is 0 Å². The van der Waals surface area contributed by atoms with Gasteiger partial charge in [-0.1, -0.05) is 6.92 Å². The molecule has 0 aliphatic heterocycles. The van der Waals surface area contributed by atoms with Gasteiger partial charge in [0.1, 0.15) is 5.78 Å². The van der Waals surface area contributed by atoms with Gasteiger partial charge in [-0.25, -0.2) is 5.90 Å². The summed E-state index contributed by atoms with van der Waals surface area (Å²) >= 11 is 0. The number of ketones is 1. The summed E-state index contributed by atoms with van der Waals surface area (Å²) < 4.78 is 5.72. The lowest BCUT2D eigenvalue weighted by Gasteiger charge is -2.27. The van der Waals surface area contributed by atoms with Crippen molar-refractivity contribution in [2.24, 2.45) is 5.90 Å². The van der Waals surface area contributed by atoms with Gasteiger partial charge in [-0.2, -0.15) is 0 Å². The van der Waals surface area contributed by atoms with Crippen LogP contribution in [0.1, 0.15) is 51.9 Å². The van der Waals surface area contributed by atoms with Crippen LogP contribution >= 0.6 is 0 Å². The molecule has 0 aromatic carbocycles. The number of Topliss-reactive ketones (excluding diaryl/α,β-unsaturated/α-hetero) is 1. The van der Waals surface area contributed by atoms with E-state index in [4.69, 9.17) is 15.5 Å². The van der Waals surface area contributed by atoms with E-state index in [0.717, 1.165) is 32.1 Å². The maximum atomic E-state index is 11.1. The first-order chi connectivity index (χ1) is 7.76. The molecule has 0 bridgehead atoms. The molecule has 0 spiro atoms. The van der Waals surface area contributed by atoms with Crippen LogP contribution in [0.15, 0.2) is 0 Å². The summed E-state index contributed by atoms with van der Waals surface area (Å²) in [6, 6.07) is 0. The Balaban J connectivity index is 2.00. The second kappa shape index (κ2) is 7.76. The molecule has 0 aromatic rings. The Kier molecular flexibility index (Phi) is 6.61. The minimum atomic E-state index is 0.210. The molecule has 16 heavy (non-hydrogen) atoms. The highest BCUT2D eigenvalue weighted by Crippen LogP contribution is 2.22. The van der Waals surface area contributed by atoms with Crippen molar-refractivity contribution in [3.8, 4) is 0 Å². The number of hydrogen-bond acceptors (Lipinski definition) is 4. The third-order valence-corrected chi connectivity index (χ3v) is 3.16. The van der Waals surface area contributed by atoms with Crippen LogP contribution in [0.3, 0.4) is 0 Å². The highest BCUT2D eigenvalue weighted by molar-refractivity contribution is 5.77. The fourth-order valence-corrected chi connectivity index (χ4v) is 2.03. The first-order valence-corrected chi connectivity index (χ1v) is 6.25. The fraction of sp³-hybridized carbons (Fsp3) is 0.917. The van der Waals surface area contributed by atoms with Crippen molar-refractivity contribution in [1.29, 1.82) is 0 Å². The average Bonchev–Trinajstić information content (AvgIpc) is 2.35. The molecule has 4 heteroatoms. The summed E-state index contributed by atoms with van der Waals surface area (Å²) in [6.45, 7) is 2.60. The summed E-state index contributed by atoms with van der Waals surface area (Å²) in [5.41, 5.74) is 0. The Morgan fingerprint density at radius 1 is 1.25 bits per heavy atom.